The molecule has 0 aliphatic rings. The zero-order valence-electron chi connectivity index (χ0n) is 10.7. The van der Waals surface area contributed by atoms with Gasteiger partial charge in [-0.2, -0.15) is 13.2 Å². The van der Waals surface area contributed by atoms with Crippen molar-refractivity contribution in [3.8, 4) is 0 Å². The summed E-state index contributed by atoms with van der Waals surface area (Å²) in [5.74, 6) is 0.226. The summed E-state index contributed by atoms with van der Waals surface area (Å²) in [6, 6.07) is 0. The largest absolute Gasteiger partial charge is 0.441 e. The van der Waals surface area contributed by atoms with Crippen LogP contribution in [0.5, 0.6) is 0 Å². The first-order valence-electron chi connectivity index (χ1n) is 5.79. The van der Waals surface area contributed by atoms with E-state index >= 15 is 0 Å². The lowest BCUT2D eigenvalue weighted by molar-refractivity contribution is -0.0327. The van der Waals surface area contributed by atoms with Gasteiger partial charge in [0, 0.05) is 31.2 Å². The van der Waals surface area contributed by atoms with E-state index in [9.17, 15) is 18.0 Å². The fourth-order valence-electron chi connectivity index (χ4n) is 1.44. The van der Waals surface area contributed by atoms with Crippen LogP contribution in [0.4, 0.5) is 19.0 Å². The van der Waals surface area contributed by atoms with Crippen molar-refractivity contribution in [2.75, 3.05) is 17.6 Å². The van der Waals surface area contributed by atoms with Gasteiger partial charge in [0.15, 0.2) is 5.82 Å². The molecule has 0 aliphatic carbocycles. The molecule has 0 unspecified atom stereocenters. The molecule has 0 aliphatic heterocycles. The van der Waals surface area contributed by atoms with Crippen molar-refractivity contribution < 1.29 is 13.2 Å². The van der Waals surface area contributed by atoms with E-state index in [2.05, 4.69) is 10.3 Å². The second-order valence-electron chi connectivity index (χ2n) is 4.35. The topological polar surface area (TPSA) is 46.9 Å². The number of nitrogens with one attached hydrogen (secondary N) is 1. The molecule has 0 radical (unpaired) electrons. The molecule has 1 rings (SSSR count). The third-order valence-corrected chi connectivity index (χ3v) is 2.87. The maximum atomic E-state index is 11.9. The third-order valence-electron chi connectivity index (χ3n) is 2.14. The van der Waals surface area contributed by atoms with Crippen LogP contribution in [-0.4, -0.2) is 27.4 Å². The minimum absolute atomic E-state index is 0.0398. The highest BCUT2D eigenvalue weighted by Gasteiger charge is 2.27. The van der Waals surface area contributed by atoms with Crippen LogP contribution in [0.15, 0.2) is 17.2 Å². The Bertz CT molecular complexity index is 459. The summed E-state index contributed by atoms with van der Waals surface area (Å²) in [7, 11) is 0. The van der Waals surface area contributed by atoms with Gasteiger partial charge in [0.2, 0.25) is 0 Å². The van der Waals surface area contributed by atoms with Gasteiger partial charge >= 0.3 is 5.51 Å². The van der Waals surface area contributed by atoms with Gasteiger partial charge in [-0.05, 0) is 17.7 Å². The van der Waals surface area contributed by atoms with Crippen LogP contribution < -0.4 is 10.9 Å². The first-order chi connectivity index (χ1) is 8.79. The van der Waals surface area contributed by atoms with Crippen LogP contribution in [-0.2, 0) is 6.54 Å². The van der Waals surface area contributed by atoms with E-state index in [1.807, 2.05) is 13.8 Å². The summed E-state index contributed by atoms with van der Waals surface area (Å²) >= 11 is -0.126. The predicted molar refractivity (Wildman–Crippen MR) is 70.3 cm³/mol. The van der Waals surface area contributed by atoms with E-state index in [4.69, 9.17) is 0 Å². The van der Waals surface area contributed by atoms with Crippen molar-refractivity contribution in [1.82, 2.24) is 9.55 Å². The minimum Gasteiger partial charge on any atom is -0.365 e. The third kappa shape index (κ3) is 6.00. The number of anilines is 1. The molecule has 108 valence electrons. The molecule has 0 atom stereocenters. The van der Waals surface area contributed by atoms with Crippen molar-refractivity contribution in [1.29, 1.82) is 0 Å². The Labute approximate surface area is 113 Å². The summed E-state index contributed by atoms with van der Waals surface area (Å²) in [5, 5.41) is 2.63. The second kappa shape index (κ2) is 6.83. The Morgan fingerprint density at radius 2 is 2.16 bits per heavy atom. The highest BCUT2D eigenvalue weighted by atomic mass is 32.2. The van der Waals surface area contributed by atoms with Crippen LogP contribution in [0.25, 0.3) is 0 Å². The van der Waals surface area contributed by atoms with Crippen molar-refractivity contribution in [2.24, 2.45) is 5.92 Å². The summed E-state index contributed by atoms with van der Waals surface area (Å²) in [6.45, 7) is 4.53. The van der Waals surface area contributed by atoms with Crippen LogP contribution in [0.1, 0.15) is 13.8 Å². The molecule has 1 aromatic heterocycles. The first-order valence-corrected chi connectivity index (χ1v) is 6.78. The number of hydrogen-bond donors (Lipinski definition) is 1. The molecular formula is C11H16F3N3OS. The highest BCUT2D eigenvalue weighted by Crippen LogP contribution is 2.29. The fourth-order valence-corrected chi connectivity index (χ4v) is 1.88. The molecule has 0 fully saturated rings. The average Bonchev–Trinajstić information content (AvgIpc) is 2.27. The van der Waals surface area contributed by atoms with Crippen LogP contribution in [0.2, 0.25) is 0 Å². The second-order valence-corrected chi connectivity index (χ2v) is 5.51. The Morgan fingerprint density at radius 3 is 2.74 bits per heavy atom. The molecule has 0 saturated carbocycles. The lowest BCUT2D eigenvalue weighted by Crippen LogP contribution is -2.26. The van der Waals surface area contributed by atoms with E-state index in [0.717, 1.165) is 0 Å². The van der Waals surface area contributed by atoms with Gasteiger partial charge in [0.25, 0.3) is 5.56 Å². The van der Waals surface area contributed by atoms with Crippen LogP contribution in [0.3, 0.4) is 0 Å². The number of thioether (sulfide) groups is 1. The van der Waals surface area contributed by atoms with Crippen molar-refractivity contribution >= 4 is 17.6 Å². The fraction of sp³-hybridized carbons (Fsp3) is 0.636. The quantitative estimate of drug-likeness (QED) is 0.819. The number of nitrogens with zero attached hydrogens (tertiary/aromatic N) is 2. The lowest BCUT2D eigenvalue weighted by Gasteiger charge is -2.11. The number of alkyl halides is 3. The first kappa shape index (κ1) is 15.9. The molecule has 1 N–H and O–H groups in total. The average molecular weight is 295 g/mol. The molecule has 1 heterocycles. The maximum Gasteiger partial charge on any atom is 0.441 e. The number of hydrogen-bond acceptors (Lipinski definition) is 4. The van der Waals surface area contributed by atoms with E-state index < -0.39 is 5.51 Å². The van der Waals surface area contributed by atoms with E-state index in [1.165, 1.54) is 10.8 Å². The molecule has 8 heteroatoms. The molecule has 4 nitrogen and oxygen atoms in total. The van der Waals surface area contributed by atoms with E-state index in [1.54, 1.807) is 6.20 Å². The molecular weight excluding hydrogens is 279 g/mol. The molecule has 0 amide bonds. The van der Waals surface area contributed by atoms with Crippen molar-refractivity contribution in [3.05, 3.63) is 22.7 Å². The number of halogens is 3. The van der Waals surface area contributed by atoms with Gasteiger partial charge in [-0.1, -0.05) is 13.8 Å². The predicted octanol–water partition coefficient (Wildman–Crippen LogP) is 2.56. The SMILES string of the molecule is CC(C)Cn1ccnc(NCCSC(F)(F)F)c1=O. The summed E-state index contributed by atoms with van der Waals surface area (Å²) in [4.78, 5) is 15.7. The summed E-state index contributed by atoms with van der Waals surface area (Å²) < 4.78 is 37.3. The van der Waals surface area contributed by atoms with Gasteiger partial charge in [0.05, 0.1) is 0 Å². The smallest absolute Gasteiger partial charge is 0.365 e. The Kier molecular flexibility index (Phi) is 5.71. The number of aromatic nitrogens is 2. The lowest BCUT2D eigenvalue weighted by atomic mass is 10.2. The van der Waals surface area contributed by atoms with Gasteiger partial charge in [-0.25, -0.2) is 4.98 Å². The Morgan fingerprint density at radius 1 is 1.47 bits per heavy atom. The van der Waals surface area contributed by atoms with E-state index in [0.29, 0.717) is 12.5 Å². The normalized spacial score (nSPS) is 11.9. The molecule has 0 spiro atoms. The highest BCUT2D eigenvalue weighted by molar-refractivity contribution is 8.00. The monoisotopic (exact) mass is 295 g/mol. The number of rotatable bonds is 6. The van der Waals surface area contributed by atoms with E-state index in [-0.39, 0.29) is 35.4 Å². The van der Waals surface area contributed by atoms with Crippen LogP contribution in [0, 0.1) is 5.92 Å². The molecule has 19 heavy (non-hydrogen) atoms. The Hall–Kier alpha value is -1.18. The molecule has 1 aromatic rings. The summed E-state index contributed by atoms with van der Waals surface area (Å²) in [5.41, 5.74) is -4.56. The molecule has 0 saturated heterocycles. The van der Waals surface area contributed by atoms with Crippen LogP contribution >= 0.6 is 11.8 Å². The van der Waals surface area contributed by atoms with Gasteiger partial charge in [0.1, 0.15) is 0 Å². The van der Waals surface area contributed by atoms with Crippen molar-refractivity contribution in [2.45, 2.75) is 25.9 Å². The van der Waals surface area contributed by atoms with Gasteiger partial charge in [-0.15, -0.1) is 0 Å². The summed E-state index contributed by atoms with van der Waals surface area (Å²) in [6.07, 6.45) is 3.03. The zero-order chi connectivity index (χ0) is 14.5. The van der Waals surface area contributed by atoms with Crippen molar-refractivity contribution in [3.63, 3.8) is 0 Å². The molecule has 0 bridgehead atoms. The van der Waals surface area contributed by atoms with Gasteiger partial charge < -0.3 is 9.88 Å². The minimum atomic E-state index is -4.25. The molecule has 0 aromatic carbocycles. The zero-order valence-corrected chi connectivity index (χ0v) is 11.5. The van der Waals surface area contributed by atoms with Gasteiger partial charge in [-0.3, -0.25) is 4.79 Å². The Balaban J connectivity index is 2.57. The standard InChI is InChI=1S/C11H16F3N3OS/c1-8(2)7-17-5-3-15-9(10(17)18)16-4-6-19-11(12,13)14/h3,5,8H,4,6-7H2,1-2H3,(H,15,16). The maximum absolute atomic E-state index is 11.9.